The van der Waals surface area contributed by atoms with Crippen LogP contribution in [0.25, 0.3) is 0 Å². The van der Waals surface area contributed by atoms with Gasteiger partial charge in [0.1, 0.15) is 6.61 Å². The number of carbonyl (C=O) groups is 2. The van der Waals surface area contributed by atoms with Gasteiger partial charge in [-0.05, 0) is 41.6 Å². The zero-order valence-corrected chi connectivity index (χ0v) is 16.2. The molecule has 4 rings (SSSR count). The minimum absolute atomic E-state index is 0.0408. The molecule has 8 nitrogen and oxygen atoms in total. The molecule has 0 radical (unpaired) electrons. The van der Waals surface area contributed by atoms with Gasteiger partial charge in [-0.15, -0.1) is 11.3 Å². The third-order valence-electron chi connectivity index (χ3n) is 4.19. The second-order valence-corrected chi connectivity index (χ2v) is 8.25. The lowest BCUT2D eigenvalue weighted by molar-refractivity contribution is -0.384. The number of non-ortho nitro benzene ring substituents is 1. The SMILES string of the molecule is Cc1csc(OC2=C(C(=O)OCc3ccc([N+](=O)[O-])cc3)N3C(=O)CC3S2)c1. The molecule has 1 atom stereocenters. The van der Waals surface area contributed by atoms with Crippen molar-refractivity contribution in [1.82, 2.24) is 4.90 Å². The highest BCUT2D eigenvalue weighted by molar-refractivity contribution is 8.03. The molecular weight excluding hydrogens is 404 g/mol. The number of nitro benzene ring substituents is 1. The van der Waals surface area contributed by atoms with Crippen LogP contribution >= 0.6 is 23.1 Å². The van der Waals surface area contributed by atoms with E-state index in [4.69, 9.17) is 9.47 Å². The number of fused-ring (bicyclic) bond motifs is 1. The molecule has 1 amide bonds. The Morgan fingerprint density at radius 3 is 2.71 bits per heavy atom. The Kier molecular flexibility index (Phi) is 4.82. The first-order valence-electron chi connectivity index (χ1n) is 8.29. The van der Waals surface area contributed by atoms with E-state index in [1.165, 1.54) is 52.3 Å². The molecule has 0 saturated carbocycles. The summed E-state index contributed by atoms with van der Waals surface area (Å²) in [5, 5.41) is 13.5. The molecule has 1 unspecified atom stereocenters. The second-order valence-electron chi connectivity index (χ2n) is 6.22. The fraction of sp³-hybridized carbons (Fsp3) is 0.222. The van der Waals surface area contributed by atoms with Crippen LogP contribution in [0.5, 0.6) is 5.06 Å². The van der Waals surface area contributed by atoms with E-state index < -0.39 is 10.9 Å². The predicted octanol–water partition coefficient (Wildman–Crippen LogP) is 3.56. The Morgan fingerprint density at radius 1 is 1.36 bits per heavy atom. The molecule has 2 aliphatic rings. The Bertz CT molecular complexity index is 998. The number of β-lactam (4-membered cyclic amide) rings is 1. The Balaban J connectivity index is 1.50. The molecule has 2 aliphatic heterocycles. The Labute approximate surface area is 167 Å². The van der Waals surface area contributed by atoms with Gasteiger partial charge in [0.05, 0.1) is 16.7 Å². The van der Waals surface area contributed by atoms with Crippen molar-refractivity contribution < 1.29 is 24.0 Å². The molecule has 1 aromatic carbocycles. The quantitative estimate of drug-likeness (QED) is 0.306. The van der Waals surface area contributed by atoms with Crippen LogP contribution in [0, 0.1) is 17.0 Å². The maximum Gasteiger partial charge on any atom is 0.359 e. The Hall–Kier alpha value is -2.85. The predicted molar refractivity (Wildman–Crippen MR) is 102 cm³/mol. The number of benzene rings is 1. The summed E-state index contributed by atoms with van der Waals surface area (Å²) in [6.07, 6.45) is 0.347. The third-order valence-corrected chi connectivity index (χ3v) is 6.26. The standard InChI is InChI=1S/C18H14N2O6S2/c1-10-6-15(27-9-10)26-18-16(19-13(21)7-14(19)28-18)17(22)25-8-11-2-4-12(5-3-11)20(23)24/h2-6,9,14H,7-8H2,1H3. The first-order chi connectivity index (χ1) is 13.4. The average Bonchev–Trinajstić information content (AvgIpc) is 3.20. The normalized spacial score (nSPS) is 18.0. The fourth-order valence-corrected chi connectivity index (χ4v) is 4.80. The summed E-state index contributed by atoms with van der Waals surface area (Å²) in [6.45, 7) is 1.87. The maximum absolute atomic E-state index is 12.7. The number of carbonyl (C=O) groups excluding carboxylic acids is 2. The van der Waals surface area contributed by atoms with Crippen molar-refractivity contribution in [2.24, 2.45) is 0 Å². The van der Waals surface area contributed by atoms with Crippen LogP contribution in [0.1, 0.15) is 17.5 Å². The van der Waals surface area contributed by atoms with Crippen molar-refractivity contribution in [3.05, 3.63) is 67.7 Å². The number of esters is 1. The first-order valence-corrected chi connectivity index (χ1v) is 10.0. The summed E-state index contributed by atoms with van der Waals surface area (Å²) >= 11 is 2.73. The molecule has 144 valence electrons. The zero-order chi connectivity index (χ0) is 19.8. The van der Waals surface area contributed by atoms with Crippen molar-refractivity contribution in [2.45, 2.75) is 25.3 Å². The topological polar surface area (TPSA) is 99.0 Å². The van der Waals surface area contributed by atoms with Crippen molar-refractivity contribution in [2.75, 3.05) is 0 Å². The molecule has 0 bridgehead atoms. The summed E-state index contributed by atoms with van der Waals surface area (Å²) in [7, 11) is 0. The summed E-state index contributed by atoms with van der Waals surface area (Å²) in [4.78, 5) is 36.2. The summed E-state index contributed by atoms with van der Waals surface area (Å²) < 4.78 is 11.2. The highest BCUT2D eigenvalue weighted by Gasteiger charge is 2.50. The average molecular weight is 418 g/mol. The van der Waals surface area contributed by atoms with Gasteiger partial charge in [-0.1, -0.05) is 11.8 Å². The maximum atomic E-state index is 12.7. The molecule has 10 heteroatoms. The molecule has 28 heavy (non-hydrogen) atoms. The van der Waals surface area contributed by atoms with E-state index in [0.29, 0.717) is 22.1 Å². The zero-order valence-electron chi connectivity index (χ0n) is 14.6. The highest BCUT2D eigenvalue weighted by Crippen LogP contribution is 2.47. The molecule has 1 fully saturated rings. The number of hydrogen-bond donors (Lipinski definition) is 0. The molecule has 0 spiro atoms. The van der Waals surface area contributed by atoms with Gasteiger partial charge in [-0.3, -0.25) is 19.8 Å². The fourth-order valence-electron chi connectivity index (χ4n) is 2.76. The number of rotatable bonds is 6. The Morgan fingerprint density at radius 2 is 2.11 bits per heavy atom. The number of aryl methyl sites for hydroxylation is 1. The minimum atomic E-state index is -0.662. The van der Waals surface area contributed by atoms with Gasteiger partial charge in [0.25, 0.3) is 5.69 Å². The van der Waals surface area contributed by atoms with E-state index in [-0.39, 0.29) is 29.3 Å². The van der Waals surface area contributed by atoms with Crippen molar-refractivity contribution >= 4 is 40.7 Å². The van der Waals surface area contributed by atoms with Crippen LogP contribution in [0.2, 0.25) is 0 Å². The smallest absolute Gasteiger partial charge is 0.359 e. The van der Waals surface area contributed by atoms with Gasteiger partial charge in [0.15, 0.2) is 15.9 Å². The van der Waals surface area contributed by atoms with E-state index >= 15 is 0 Å². The van der Waals surface area contributed by atoms with Gasteiger partial charge >= 0.3 is 5.97 Å². The molecule has 3 heterocycles. The van der Waals surface area contributed by atoms with Gasteiger partial charge in [0.2, 0.25) is 5.91 Å². The number of thioether (sulfide) groups is 1. The highest BCUT2D eigenvalue weighted by atomic mass is 32.2. The summed E-state index contributed by atoms with van der Waals surface area (Å²) in [5.41, 5.74) is 1.72. The second kappa shape index (κ2) is 7.28. The number of nitro groups is 1. The lowest BCUT2D eigenvalue weighted by Crippen LogP contribution is -2.48. The van der Waals surface area contributed by atoms with E-state index in [0.717, 1.165) is 5.56 Å². The van der Waals surface area contributed by atoms with Gasteiger partial charge in [0, 0.05) is 12.1 Å². The van der Waals surface area contributed by atoms with E-state index in [9.17, 15) is 19.7 Å². The number of thiophene rings is 1. The van der Waals surface area contributed by atoms with Crippen LogP contribution in [0.4, 0.5) is 5.69 Å². The minimum Gasteiger partial charge on any atom is -0.456 e. The lowest BCUT2D eigenvalue weighted by atomic mass is 10.2. The van der Waals surface area contributed by atoms with Crippen molar-refractivity contribution in [1.29, 1.82) is 0 Å². The molecule has 1 saturated heterocycles. The van der Waals surface area contributed by atoms with E-state index in [2.05, 4.69) is 0 Å². The van der Waals surface area contributed by atoms with Crippen molar-refractivity contribution in [3.8, 4) is 5.06 Å². The van der Waals surface area contributed by atoms with Crippen LogP contribution < -0.4 is 4.74 Å². The third kappa shape index (κ3) is 3.48. The monoisotopic (exact) mass is 418 g/mol. The van der Waals surface area contributed by atoms with Crippen LogP contribution in [0.3, 0.4) is 0 Å². The lowest BCUT2D eigenvalue weighted by Gasteiger charge is -2.33. The number of ether oxygens (including phenoxy) is 2. The van der Waals surface area contributed by atoms with Gasteiger partial charge in [-0.2, -0.15) is 0 Å². The summed E-state index contributed by atoms with van der Waals surface area (Å²) in [6, 6.07) is 7.59. The molecule has 2 aromatic rings. The number of nitrogens with zero attached hydrogens (tertiary/aromatic N) is 2. The van der Waals surface area contributed by atoms with Crippen LogP contribution in [-0.4, -0.2) is 27.1 Å². The summed E-state index contributed by atoms with van der Waals surface area (Å²) in [5.74, 6) is -0.814. The molecule has 0 aliphatic carbocycles. The largest absolute Gasteiger partial charge is 0.456 e. The number of amides is 1. The van der Waals surface area contributed by atoms with Crippen LogP contribution in [-0.2, 0) is 20.9 Å². The molecule has 0 N–H and O–H groups in total. The van der Waals surface area contributed by atoms with Crippen molar-refractivity contribution in [3.63, 3.8) is 0 Å². The van der Waals surface area contributed by atoms with E-state index in [1.54, 1.807) is 0 Å². The van der Waals surface area contributed by atoms with Gasteiger partial charge < -0.3 is 9.47 Å². The molecule has 1 aromatic heterocycles. The number of hydrogen-bond acceptors (Lipinski definition) is 8. The van der Waals surface area contributed by atoms with E-state index in [1.807, 2.05) is 18.4 Å². The molecular formula is C18H14N2O6S2. The first kappa shape index (κ1) is 18.5. The van der Waals surface area contributed by atoms with Gasteiger partial charge in [-0.25, -0.2) is 4.79 Å². The van der Waals surface area contributed by atoms with Crippen LogP contribution in [0.15, 0.2) is 46.5 Å².